The van der Waals surface area contributed by atoms with Crippen molar-refractivity contribution in [2.75, 3.05) is 20.2 Å². The Bertz CT molecular complexity index is 830. The van der Waals surface area contributed by atoms with Crippen LogP contribution in [0.25, 0.3) is 0 Å². The Labute approximate surface area is 153 Å². The van der Waals surface area contributed by atoms with Gasteiger partial charge in [-0.25, -0.2) is 13.8 Å². The lowest BCUT2D eigenvalue weighted by atomic mass is 9.81. The molecule has 0 amide bonds. The third kappa shape index (κ3) is 3.49. The monoisotopic (exact) mass is 358 g/mol. The van der Waals surface area contributed by atoms with Crippen molar-refractivity contribution in [1.29, 1.82) is 0 Å². The fourth-order valence-electron chi connectivity index (χ4n) is 3.28. The maximum absolute atomic E-state index is 13.8. The molecule has 0 fully saturated rings. The van der Waals surface area contributed by atoms with Crippen LogP contribution in [0.2, 0.25) is 0 Å². The van der Waals surface area contributed by atoms with E-state index >= 15 is 0 Å². The van der Waals surface area contributed by atoms with Crippen LogP contribution in [0.15, 0.2) is 35.3 Å². The molecule has 0 radical (unpaired) electrons. The van der Waals surface area contributed by atoms with E-state index in [4.69, 9.17) is 4.74 Å². The average molecular weight is 358 g/mol. The van der Waals surface area contributed by atoms with Gasteiger partial charge in [-0.3, -0.25) is 0 Å². The SMILES string of the molecule is CCN(C)C=Nc1cc2c(cc1C)C(C)(c1cc(F)cc(F)c1)OCC2. The normalized spacial score (nSPS) is 19.6. The summed E-state index contributed by atoms with van der Waals surface area (Å²) in [6.45, 7) is 7.28. The van der Waals surface area contributed by atoms with Crippen LogP contribution in [-0.2, 0) is 16.8 Å². The molecule has 0 spiro atoms. The van der Waals surface area contributed by atoms with Gasteiger partial charge in [-0.2, -0.15) is 0 Å². The minimum Gasteiger partial charge on any atom is -0.366 e. The van der Waals surface area contributed by atoms with Crippen molar-refractivity contribution in [3.05, 3.63) is 64.2 Å². The second-order valence-corrected chi connectivity index (χ2v) is 6.90. The highest BCUT2D eigenvalue weighted by atomic mass is 19.1. The van der Waals surface area contributed by atoms with Crippen molar-refractivity contribution in [2.24, 2.45) is 4.99 Å². The Kier molecular flexibility index (Phi) is 5.10. The molecule has 1 aliphatic rings. The molecule has 1 aliphatic heterocycles. The number of benzene rings is 2. The van der Waals surface area contributed by atoms with Gasteiger partial charge in [0.15, 0.2) is 0 Å². The van der Waals surface area contributed by atoms with Crippen molar-refractivity contribution in [1.82, 2.24) is 4.90 Å². The van der Waals surface area contributed by atoms with Gasteiger partial charge >= 0.3 is 0 Å². The van der Waals surface area contributed by atoms with E-state index < -0.39 is 17.2 Å². The number of aryl methyl sites for hydroxylation is 1. The summed E-state index contributed by atoms with van der Waals surface area (Å²) in [5, 5.41) is 0. The molecule has 0 aromatic heterocycles. The van der Waals surface area contributed by atoms with Crippen molar-refractivity contribution < 1.29 is 13.5 Å². The maximum atomic E-state index is 13.8. The van der Waals surface area contributed by atoms with Gasteiger partial charge in [-0.1, -0.05) is 6.07 Å². The van der Waals surface area contributed by atoms with Gasteiger partial charge in [-0.05, 0) is 67.6 Å². The van der Waals surface area contributed by atoms with E-state index in [1.807, 2.05) is 38.2 Å². The summed E-state index contributed by atoms with van der Waals surface area (Å²) in [4.78, 5) is 6.58. The van der Waals surface area contributed by atoms with Crippen molar-refractivity contribution in [3.8, 4) is 0 Å². The zero-order valence-electron chi connectivity index (χ0n) is 15.6. The van der Waals surface area contributed by atoms with Gasteiger partial charge < -0.3 is 9.64 Å². The predicted molar refractivity (Wildman–Crippen MR) is 100 cm³/mol. The van der Waals surface area contributed by atoms with E-state index in [9.17, 15) is 8.78 Å². The van der Waals surface area contributed by atoms with Crippen LogP contribution in [0, 0.1) is 18.6 Å². The summed E-state index contributed by atoms with van der Waals surface area (Å²) >= 11 is 0. The average Bonchev–Trinajstić information content (AvgIpc) is 2.59. The van der Waals surface area contributed by atoms with Crippen LogP contribution in [0.3, 0.4) is 0 Å². The Hall–Kier alpha value is -2.27. The number of ether oxygens (including phenoxy) is 1. The standard InChI is InChI=1S/C21H24F2N2O/c1-5-25(4)13-24-20-9-15-6-7-26-21(3,19(15)8-14(20)2)16-10-17(22)12-18(23)11-16/h8-13H,5-7H2,1-4H3. The molecule has 0 N–H and O–H groups in total. The Morgan fingerprint density at radius 1 is 1.19 bits per heavy atom. The van der Waals surface area contributed by atoms with E-state index in [1.165, 1.54) is 12.1 Å². The highest BCUT2D eigenvalue weighted by molar-refractivity contribution is 5.64. The van der Waals surface area contributed by atoms with Gasteiger partial charge in [0.2, 0.25) is 0 Å². The third-order valence-electron chi connectivity index (χ3n) is 5.00. The summed E-state index contributed by atoms with van der Waals surface area (Å²) in [6, 6.07) is 7.65. The summed E-state index contributed by atoms with van der Waals surface area (Å²) in [5.41, 5.74) is 3.53. The molecule has 5 heteroatoms. The van der Waals surface area contributed by atoms with Crippen molar-refractivity contribution in [3.63, 3.8) is 0 Å². The van der Waals surface area contributed by atoms with E-state index in [2.05, 4.69) is 18.0 Å². The highest BCUT2D eigenvalue weighted by Gasteiger charge is 2.36. The fourth-order valence-corrected chi connectivity index (χ4v) is 3.28. The Balaban J connectivity index is 2.07. The lowest BCUT2D eigenvalue weighted by Gasteiger charge is -2.37. The molecule has 3 rings (SSSR count). The molecule has 138 valence electrons. The largest absolute Gasteiger partial charge is 0.366 e. The first kappa shape index (κ1) is 18.5. The smallest absolute Gasteiger partial charge is 0.126 e. The van der Waals surface area contributed by atoms with Crippen molar-refractivity contribution in [2.45, 2.75) is 32.8 Å². The quantitative estimate of drug-likeness (QED) is 0.583. The third-order valence-corrected chi connectivity index (χ3v) is 5.00. The molecule has 0 saturated carbocycles. The van der Waals surface area contributed by atoms with Gasteiger partial charge in [0.1, 0.15) is 17.2 Å². The Morgan fingerprint density at radius 2 is 1.88 bits per heavy atom. The van der Waals surface area contributed by atoms with Crippen LogP contribution >= 0.6 is 0 Å². The molecule has 26 heavy (non-hydrogen) atoms. The molecular weight excluding hydrogens is 334 g/mol. The van der Waals surface area contributed by atoms with Crippen molar-refractivity contribution >= 4 is 12.0 Å². The van der Waals surface area contributed by atoms with Crippen LogP contribution in [0.5, 0.6) is 0 Å². The van der Waals surface area contributed by atoms with Gasteiger partial charge in [0.25, 0.3) is 0 Å². The molecule has 1 unspecified atom stereocenters. The topological polar surface area (TPSA) is 24.8 Å². The number of nitrogens with zero attached hydrogens (tertiary/aromatic N) is 2. The van der Waals surface area contributed by atoms with E-state index in [-0.39, 0.29) is 0 Å². The summed E-state index contributed by atoms with van der Waals surface area (Å²) in [7, 11) is 1.97. The molecule has 0 aliphatic carbocycles. The number of rotatable bonds is 4. The van der Waals surface area contributed by atoms with Crippen LogP contribution in [-0.4, -0.2) is 31.4 Å². The number of hydrogen-bond acceptors (Lipinski definition) is 2. The number of hydrogen-bond donors (Lipinski definition) is 0. The molecule has 0 saturated heterocycles. The zero-order valence-corrected chi connectivity index (χ0v) is 15.6. The fraction of sp³-hybridized carbons (Fsp3) is 0.381. The van der Waals surface area contributed by atoms with Gasteiger partial charge in [-0.15, -0.1) is 0 Å². The molecule has 0 bridgehead atoms. The number of aliphatic imine (C=N–C) groups is 1. The first-order valence-corrected chi connectivity index (χ1v) is 8.82. The van der Waals surface area contributed by atoms with Gasteiger partial charge in [0, 0.05) is 19.7 Å². The second kappa shape index (κ2) is 7.16. The van der Waals surface area contributed by atoms with Crippen LogP contribution in [0.4, 0.5) is 14.5 Å². The number of halogens is 2. The van der Waals surface area contributed by atoms with E-state index in [1.54, 1.807) is 0 Å². The minimum atomic E-state index is -0.885. The number of fused-ring (bicyclic) bond motifs is 1. The van der Waals surface area contributed by atoms with Gasteiger partial charge in [0.05, 0.1) is 18.6 Å². The maximum Gasteiger partial charge on any atom is 0.126 e. The molecule has 2 aromatic carbocycles. The van der Waals surface area contributed by atoms with Crippen LogP contribution in [0.1, 0.15) is 36.1 Å². The summed E-state index contributed by atoms with van der Waals surface area (Å²) in [5.74, 6) is -1.20. The lowest BCUT2D eigenvalue weighted by Crippen LogP contribution is -2.34. The molecule has 1 heterocycles. The molecule has 1 atom stereocenters. The minimum absolute atomic E-state index is 0.484. The first-order valence-electron chi connectivity index (χ1n) is 8.82. The lowest BCUT2D eigenvalue weighted by molar-refractivity contribution is -0.0145. The summed E-state index contributed by atoms with van der Waals surface area (Å²) in [6.07, 6.45) is 2.56. The molecule has 3 nitrogen and oxygen atoms in total. The summed E-state index contributed by atoms with van der Waals surface area (Å²) < 4.78 is 33.5. The molecule has 2 aromatic rings. The predicted octanol–water partition coefficient (Wildman–Crippen LogP) is 4.72. The van der Waals surface area contributed by atoms with Crippen LogP contribution < -0.4 is 0 Å². The highest BCUT2D eigenvalue weighted by Crippen LogP contribution is 2.41. The van der Waals surface area contributed by atoms with E-state index in [0.717, 1.165) is 41.4 Å². The first-order chi connectivity index (χ1) is 12.3. The second-order valence-electron chi connectivity index (χ2n) is 6.90. The van der Waals surface area contributed by atoms with E-state index in [0.29, 0.717) is 12.2 Å². The molecular formula is C21H24F2N2O. The Morgan fingerprint density at radius 3 is 2.54 bits per heavy atom. The zero-order chi connectivity index (χ0) is 18.9.